The van der Waals surface area contributed by atoms with Crippen LogP contribution in [0.3, 0.4) is 0 Å². The van der Waals surface area contributed by atoms with Crippen LogP contribution in [0.4, 0.5) is 14.5 Å². The Morgan fingerprint density at radius 2 is 1.76 bits per heavy atom. The van der Waals surface area contributed by atoms with Crippen molar-refractivity contribution in [3.8, 4) is 11.1 Å². The molecule has 4 aromatic rings. The molecule has 6 nitrogen and oxygen atoms in total. The fourth-order valence-corrected chi connectivity index (χ4v) is 3.05. The number of ketones is 1. The molecule has 0 fully saturated rings. The van der Waals surface area contributed by atoms with Crippen molar-refractivity contribution in [1.82, 2.24) is 19.9 Å². The second-order valence-corrected chi connectivity index (χ2v) is 6.96. The highest BCUT2D eigenvalue weighted by atomic mass is 19.1. The second kappa shape index (κ2) is 7.05. The number of H-pyrrole nitrogens is 1. The van der Waals surface area contributed by atoms with Crippen LogP contribution in [0.15, 0.2) is 43.0 Å². The molecule has 0 atom stereocenters. The van der Waals surface area contributed by atoms with Gasteiger partial charge in [0.1, 0.15) is 17.3 Å². The zero-order valence-corrected chi connectivity index (χ0v) is 15.7. The molecule has 0 unspecified atom stereocenters. The van der Waals surface area contributed by atoms with Crippen molar-refractivity contribution in [2.45, 2.75) is 19.8 Å². The molecule has 29 heavy (non-hydrogen) atoms. The summed E-state index contributed by atoms with van der Waals surface area (Å²) in [6.07, 6.45) is 6.35. The number of aromatic amines is 1. The molecule has 8 heteroatoms. The van der Waals surface area contributed by atoms with Gasteiger partial charge in [-0.1, -0.05) is 13.8 Å². The maximum Gasteiger partial charge on any atom is 0.201 e. The van der Waals surface area contributed by atoms with Crippen LogP contribution in [-0.2, 0) is 0 Å². The van der Waals surface area contributed by atoms with E-state index in [1.54, 1.807) is 24.7 Å². The smallest absolute Gasteiger partial charge is 0.201 e. The lowest BCUT2D eigenvalue weighted by molar-refractivity contribution is 0.103. The van der Waals surface area contributed by atoms with Gasteiger partial charge in [-0.2, -0.15) is 0 Å². The molecular formula is C21H17F2N5O. The Balaban J connectivity index is 1.80. The Kier molecular flexibility index (Phi) is 4.54. The van der Waals surface area contributed by atoms with E-state index in [2.05, 4.69) is 19.9 Å². The number of rotatable bonds is 4. The minimum atomic E-state index is -1.08. The number of nitrogens with zero attached hydrogens (tertiary/aromatic N) is 3. The quantitative estimate of drug-likeness (QED) is 0.399. The van der Waals surface area contributed by atoms with Gasteiger partial charge in [-0.05, 0) is 18.2 Å². The van der Waals surface area contributed by atoms with Gasteiger partial charge in [0.25, 0.3) is 0 Å². The number of hydrogen-bond donors (Lipinski definition) is 2. The zero-order chi connectivity index (χ0) is 20.7. The van der Waals surface area contributed by atoms with Crippen LogP contribution in [0.1, 0.15) is 41.5 Å². The van der Waals surface area contributed by atoms with Gasteiger partial charge in [0, 0.05) is 52.8 Å². The number of carbonyl (C=O) groups is 1. The van der Waals surface area contributed by atoms with Crippen LogP contribution < -0.4 is 5.73 Å². The lowest BCUT2D eigenvalue weighted by Gasteiger charge is -2.07. The van der Waals surface area contributed by atoms with E-state index < -0.39 is 23.0 Å². The molecule has 0 spiro atoms. The molecule has 0 saturated carbocycles. The maximum absolute atomic E-state index is 14.3. The molecule has 3 heterocycles. The Morgan fingerprint density at radius 1 is 1.07 bits per heavy atom. The highest BCUT2D eigenvalue weighted by molar-refractivity contribution is 6.16. The summed E-state index contributed by atoms with van der Waals surface area (Å²) in [6, 6.07) is 3.76. The second-order valence-electron chi connectivity index (χ2n) is 6.96. The van der Waals surface area contributed by atoms with Gasteiger partial charge in [0.05, 0.1) is 11.3 Å². The summed E-state index contributed by atoms with van der Waals surface area (Å²) in [6.45, 7) is 3.99. The molecule has 0 radical (unpaired) electrons. The van der Waals surface area contributed by atoms with Crippen molar-refractivity contribution in [3.63, 3.8) is 0 Å². The fraction of sp³-hybridized carbons (Fsp3) is 0.143. The maximum atomic E-state index is 14.3. The van der Waals surface area contributed by atoms with E-state index in [1.807, 2.05) is 13.8 Å². The molecule has 0 bridgehead atoms. The summed E-state index contributed by atoms with van der Waals surface area (Å²) in [5.41, 5.74) is 6.41. The molecule has 146 valence electrons. The van der Waals surface area contributed by atoms with Crippen molar-refractivity contribution in [3.05, 3.63) is 71.6 Å². The van der Waals surface area contributed by atoms with Crippen LogP contribution in [0, 0.1) is 11.6 Å². The predicted molar refractivity (Wildman–Crippen MR) is 105 cm³/mol. The van der Waals surface area contributed by atoms with E-state index in [9.17, 15) is 13.6 Å². The molecule has 0 aliphatic heterocycles. The first-order valence-electron chi connectivity index (χ1n) is 8.94. The van der Waals surface area contributed by atoms with Crippen molar-refractivity contribution in [1.29, 1.82) is 0 Å². The average molecular weight is 393 g/mol. The van der Waals surface area contributed by atoms with Crippen LogP contribution in [0.5, 0.6) is 0 Å². The number of nitrogens with one attached hydrogen (secondary N) is 1. The summed E-state index contributed by atoms with van der Waals surface area (Å²) < 4.78 is 28.5. The van der Waals surface area contributed by atoms with Crippen LogP contribution in [0.25, 0.3) is 22.2 Å². The topological polar surface area (TPSA) is 97.5 Å². The molecule has 3 N–H and O–H groups in total. The van der Waals surface area contributed by atoms with E-state index in [1.165, 1.54) is 6.20 Å². The highest BCUT2D eigenvalue weighted by Gasteiger charge is 2.24. The van der Waals surface area contributed by atoms with Crippen LogP contribution >= 0.6 is 0 Å². The normalized spacial score (nSPS) is 11.3. The molecule has 4 rings (SSSR count). The van der Waals surface area contributed by atoms with E-state index in [-0.39, 0.29) is 17.2 Å². The van der Waals surface area contributed by atoms with Gasteiger partial charge in [0.2, 0.25) is 5.78 Å². The van der Waals surface area contributed by atoms with Gasteiger partial charge in [-0.25, -0.2) is 23.7 Å². The minimum Gasteiger partial charge on any atom is -0.396 e. The Labute approximate surface area is 164 Å². The first-order valence-corrected chi connectivity index (χ1v) is 8.94. The minimum absolute atomic E-state index is 0.0949. The van der Waals surface area contributed by atoms with Gasteiger partial charge in [0.15, 0.2) is 5.82 Å². The number of hydrogen-bond acceptors (Lipinski definition) is 5. The van der Waals surface area contributed by atoms with E-state index >= 15 is 0 Å². The SMILES string of the molecule is CC(C)c1ncc(-c2cnc3[nH]cc(C(=O)c4c(F)ccc(N)c4F)c3c2)cn1. The number of anilines is 1. The molecule has 1 aromatic carbocycles. The summed E-state index contributed by atoms with van der Waals surface area (Å²) in [7, 11) is 0. The highest BCUT2D eigenvalue weighted by Crippen LogP contribution is 2.28. The van der Waals surface area contributed by atoms with E-state index in [0.29, 0.717) is 28.0 Å². The van der Waals surface area contributed by atoms with Crippen molar-refractivity contribution >= 4 is 22.5 Å². The number of nitrogens with two attached hydrogens (primary N) is 1. The van der Waals surface area contributed by atoms with E-state index in [0.717, 1.165) is 12.1 Å². The Bertz CT molecular complexity index is 1230. The van der Waals surface area contributed by atoms with Gasteiger partial charge in [-0.3, -0.25) is 4.79 Å². The number of aromatic nitrogens is 4. The Hall–Kier alpha value is -3.68. The van der Waals surface area contributed by atoms with E-state index in [4.69, 9.17) is 5.73 Å². The molecule has 0 aliphatic carbocycles. The lowest BCUT2D eigenvalue weighted by atomic mass is 10.0. The number of benzene rings is 1. The lowest BCUT2D eigenvalue weighted by Crippen LogP contribution is -2.09. The zero-order valence-electron chi connectivity index (χ0n) is 15.7. The summed E-state index contributed by atoms with van der Waals surface area (Å²) >= 11 is 0. The van der Waals surface area contributed by atoms with Gasteiger partial charge in [-0.15, -0.1) is 0 Å². The third-order valence-corrected chi connectivity index (χ3v) is 4.65. The van der Waals surface area contributed by atoms with Crippen molar-refractivity contribution < 1.29 is 13.6 Å². The number of fused-ring (bicyclic) bond motifs is 1. The molecule has 0 amide bonds. The third kappa shape index (κ3) is 3.22. The van der Waals surface area contributed by atoms with Crippen molar-refractivity contribution in [2.75, 3.05) is 5.73 Å². The number of pyridine rings is 1. The number of halogens is 2. The van der Waals surface area contributed by atoms with Gasteiger partial charge < -0.3 is 10.7 Å². The predicted octanol–water partition coefficient (Wildman–Crippen LogP) is 4.23. The van der Waals surface area contributed by atoms with Crippen LogP contribution in [0.2, 0.25) is 0 Å². The molecular weight excluding hydrogens is 376 g/mol. The molecule has 0 saturated heterocycles. The third-order valence-electron chi connectivity index (χ3n) is 4.65. The summed E-state index contributed by atoms with van der Waals surface area (Å²) in [5, 5.41) is 0.432. The average Bonchev–Trinajstić information content (AvgIpc) is 3.14. The first-order chi connectivity index (χ1) is 13.9. The molecule has 3 aromatic heterocycles. The Morgan fingerprint density at radius 3 is 2.45 bits per heavy atom. The standard InChI is InChI=1S/C21H17F2N5O/c1-10(2)20-25-7-12(8-26-20)11-5-13-14(9-28-21(13)27-6-11)19(29)17-15(22)3-4-16(24)18(17)23/h3-10H,24H2,1-2H3,(H,27,28). The monoisotopic (exact) mass is 393 g/mol. The van der Waals surface area contributed by atoms with Gasteiger partial charge >= 0.3 is 0 Å². The largest absolute Gasteiger partial charge is 0.396 e. The summed E-state index contributed by atoms with van der Waals surface area (Å²) in [5.74, 6) is -1.96. The van der Waals surface area contributed by atoms with Crippen LogP contribution in [-0.4, -0.2) is 25.7 Å². The first kappa shape index (κ1) is 18.7. The van der Waals surface area contributed by atoms with Crippen molar-refractivity contribution in [2.24, 2.45) is 0 Å². The molecule has 0 aliphatic rings. The number of carbonyl (C=O) groups excluding carboxylic acids is 1. The number of nitrogen functional groups attached to an aromatic ring is 1. The fourth-order valence-electron chi connectivity index (χ4n) is 3.05. The summed E-state index contributed by atoms with van der Waals surface area (Å²) in [4.78, 5) is 28.7.